The third kappa shape index (κ3) is 2.82. The molecule has 0 aliphatic carbocycles. The van der Waals surface area contributed by atoms with E-state index in [9.17, 15) is 4.79 Å². The van der Waals surface area contributed by atoms with Gasteiger partial charge in [0.1, 0.15) is 11.4 Å². The zero-order chi connectivity index (χ0) is 13.9. The predicted octanol–water partition coefficient (Wildman–Crippen LogP) is 3.58. The summed E-state index contributed by atoms with van der Waals surface area (Å²) in [5.74, 6) is 0.175. The number of para-hydroxylation sites is 1. The highest BCUT2D eigenvalue weighted by atomic mass is 127. The first-order valence-electron chi connectivity index (χ1n) is 6.02. The van der Waals surface area contributed by atoms with Crippen LogP contribution in [0.15, 0.2) is 53.1 Å². The molecule has 0 saturated heterocycles. The molecular weight excluding hydrogens is 369 g/mol. The molecule has 0 spiro atoms. The van der Waals surface area contributed by atoms with E-state index in [1.165, 1.54) is 0 Å². The average molecular weight is 379 g/mol. The summed E-state index contributed by atoms with van der Waals surface area (Å²) in [5, 5.41) is 4.75. The van der Waals surface area contributed by atoms with Gasteiger partial charge in [-0.25, -0.2) is 0 Å². The standard InChI is InChI=1S/C15H10INO3/c16-10-5-7-11(8-6-10)19-15(18)9-13-12-3-1-2-4-14(12)20-17-13/h1-8H,9H2. The number of nitrogens with zero attached hydrogens (tertiary/aromatic N) is 1. The lowest BCUT2D eigenvalue weighted by Crippen LogP contribution is -2.11. The number of carbonyl (C=O) groups is 1. The molecule has 0 unspecified atom stereocenters. The Morgan fingerprint density at radius 2 is 1.90 bits per heavy atom. The van der Waals surface area contributed by atoms with Gasteiger partial charge in [0.05, 0.1) is 6.42 Å². The molecule has 100 valence electrons. The summed E-state index contributed by atoms with van der Waals surface area (Å²) >= 11 is 2.19. The lowest BCUT2D eigenvalue weighted by molar-refractivity contribution is -0.133. The molecule has 1 aromatic heterocycles. The lowest BCUT2D eigenvalue weighted by atomic mass is 10.2. The molecule has 0 amide bonds. The Kier molecular flexibility index (Phi) is 3.68. The summed E-state index contributed by atoms with van der Waals surface area (Å²) in [4.78, 5) is 11.9. The van der Waals surface area contributed by atoms with Gasteiger partial charge in [0.15, 0.2) is 5.58 Å². The molecule has 0 fully saturated rings. The minimum Gasteiger partial charge on any atom is -0.426 e. The summed E-state index contributed by atoms with van der Waals surface area (Å²) in [6, 6.07) is 14.7. The number of ether oxygens (including phenoxy) is 1. The Bertz CT molecular complexity index is 749. The zero-order valence-corrected chi connectivity index (χ0v) is 12.5. The van der Waals surface area contributed by atoms with Gasteiger partial charge in [0.25, 0.3) is 0 Å². The van der Waals surface area contributed by atoms with E-state index in [0.29, 0.717) is 17.0 Å². The maximum absolute atomic E-state index is 11.9. The smallest absolute Gasteiger partial charge is 0.317 e. The van der Waals surface area contributed by atoms with Crippen LogP contribution in [-0.2, 0) is 11.2 Å². The second-order valence-corrected chi connectivity index (χ2v) is 5.48. The van der Waals surface area contributed by atoms with Crippen LogP contribution in [0.5, 0.6) is 5.75 Å². The van der Waals surface area contributed by atoms with Crippen molar-refractivity contribution in [1.29, 1.82) is 0 Å². The molecule has 3 aromatic rings. The molecule has 20 heavy (non-hydrogen) atoms. The topological polar surface area (TPSA) is 52.3 Å². The zero-order valence-electron chi connectivity index (χ0n) is 10.4. The fourth-order valence-electron chi connectivity index (χ4n) is 1.87. The molecule has 4 nitrogen and oxygen atoms in total. The summed E-state index contributed by atoms with van der Waals surface area (Å²) in [7, 11) is 0. The SMILES string of the molecule is O=C(Cc1noc2ccccc12)Oc1ccc(I)cc1. The molecule has 0 aliphatic heterocycles. The maximum atomic E-state index is 11.9. The Morgan fingerprint density at radius 1 is 1.15 bits per heavy atom. The second-order valence-electron chi connectivity index (χ2n) is 4.23. The number of fused-ring (bicyclic) bond motifs is 1. The summed E-state index contributed by atoms with van der Waals surface area (Å²) in [6.45, 7) is 0. The minimum atomic E-state index is -0.356. The van der Waals surface area contributed by atoms with Gasteiger partial charge in [-0.2, -0.15) is 0 Å². The quantitative estimate of drug-likeness (QED) is 0.397. The average Bonchev–Trinajstić information content (AvgIpc) is 2.85. The van der Waals surface area contributed by atoms with Crippen molar-refractivity contribution >= 4 is 39.5 Å². The minimum absolute atomic E-state index is 0.0863. The second kappa shape index (κ2) is 5.62. The van der Waals surface area contributed by atoms with E-state index in [-0.39, 0.29) is 12.4 Å². The number of hydrogen-bond donors (Lipinski definition) is 0. The van der Waals surface area contributed by atoms with Crippen LogP contribution in [0, 0.1) is 3.57 Å². The first-order chi connectivity index (χ1) is 9.72. The highest BCUT2D eigenvalue weighted by Crippen LogP contribution is 2.19. The van der Waals surface area contributed by atoms with E-state index in [1.54, 1.807) is 12.1 Å². The van der Waals surface area contributed by atoms with Crippen LogP contribution in [0.2, 0.25) is 0 Å². The summed E-state index contributed by atoms with van der Waals surface area (Å²) in [5.41, 5.74) is 1.26. The molecule has 1 heterocycles. The third-order valence-electron chi connectivity index (χ3n) is 2.81. The summed E-state index contributed by atoms with van der Waals surface area (Å²) in [6.07, 6.45) is 0.0863. The van der Waals surface area contributed by atoms with E-state index >= 15 is 0 Å². The highest BCUT2D eigenvalue weighted by molar-refractivity contribution is 14.1. The van der Waals surface area contributed by atoms with Crippen LogP contribution in [0.1, 0.15) is 5.69 Å². The van der Waals surface area contributed by atoms with Crippen molar-refractivity contribution in [2.24, 2.45) is 0 Å². The van der Waals surface area contributed by atoms with E-state index < -0.39 is 0 Å². The van der Waals surface area contributed by atoms with Gasteiger partial charge in [-0.3, -0.25) is 4.79 Å². The molecular formula is C15H10INO3. The number of hydrogen-bond acceptors (Lipinski definition) is 4. The molecule has 0 radical (unpaired) electrons. The van der Waals surface area contributed by atoms with Crippen molar-refractivity contribution in [2.45, 2.75) is 6.42 Å². The van der Waals surface area contributed by atoms with Crippen LogP contribution in [0.4, 0.5) is 0 Å². The van der Waals surface area contributed by atoms with Crippen LogP contribution in [0.25, 0.3) is 11.0 Å². The van der Waals surface area contributed by atoms with Gasteiger partial charge in [0.2, 0.25) is 0 Å². The normalized spacial score (nSPS) is 10.7. The first-order valence-corrected chi connectivity index (χ1v) is 7.10. The Labute approximate surface area is 128 Å². The van der Waals surface area contributed by atoms with Gasteiger partial charge in [0, 0.05) is 8.96 Å². The maximum Gasteiger partial charge on any atom is 0.317 e. The molecule has 2 aromatic carbocycles. The number of aromatic nitrogens is 1. The molecule has 0 atom stereocenters. The number of carbonyl (C=O) groups excluding carboxylic acids is 1. The van der Waals surface area contributed by atoms with Crippen LogP contribution in [-0.4, -0.2) is 11.1 Å². The predicted molar refractivity (Wildman–Crippen MR) is 82.5 cm³/mol. The van der Waals surface area contributed by atoms with E-state index in [4.69, 9.17) is 9.26 Å². The van der Waals surface area contributed by atoms with Gasteiger partial charge >= 0.3 is 5.97 Å². The fraction of sp³-hybridized carbons (Fsp3) is 0.0667. The molecule has 0 bridgehead atoms. The molecule has 0 saturated carbocycles. The van der Waals surface area contributed by atoms with Crippen molar-refractivity contribution in [3.05, 3.63) is 57.8 Å². The lowest BCUT2D eigenvalue weighted by Gasteiger charge is -2.02. The molecule has 0 N–H and O–H groups in total. The van der Waals surface area contributed by atoms with E-state index in [1.807, 2.05) is 36.4 Å². The Balaban J connectivity index is 1.74. The molecule has 5 heteroatoms. The van der Waals surface area contributed by atoms with E-state index in [0.717, 1.165) is 8.96 Å². The van der Waals surface area contributed by atoms with Crippen LogP contribution >= 0.6 is 22.6 Å². The number of rotatable bonds is 3. The monoisotopic (exact) mass is 379 g/mol. The first kappa shape index (κ1) is 13.1. The number of esters is 1. The largest absolute Gasteiger partial charge is 0.426 e. The van der Waals surface area contributed by atoms with Gasteiger partial charge in [-0.05, 0) is 59.0 Å². The van der Waals surface area contributed by atoms with Crippen molar-refractivity contribution in [1.82, 2.24) is 5.16 Å². The van der Waals surface area contributed by atoms with Gasteiger partial charge < -0.3 is 9.26 Å². The van der Waals surface area contributed by atoms with E-state index in [2.05, 4.69) is 27.7 Å². The van der Waals surface area contributed by atoms with Crippen LogP contribution in [0.3, 0.4) is 0 Å². The van der Waals surface area contributed by atoms with Gasteiger partial charge in [-0.15, -0.1) is 0 Å². The van der Waals surface area contributed by atoms with Crippen molar-refractivity contribution in [2.75, 3.05) is 0 Å². The highest BCUT2D eigenvalue weighted by Gasteiger charge is 2.13. The molecule has 3 rings (SSSR count). The van der Waals surface area contributed by atoms with Crippen LogP contribution < -0.4 is 4.74 Å². The Hall–Kier alpha value is -1.89. The third-order valence-corrected chi connectivity index (χ3v) is 3.53. The summed E-state index contributed by atoms with van der Waals surface area (Å²) < 4.78 is 11.5. The fourth-order valence-corrected chi connectivity index (χ4v) is 2.23. The molecule has 0 aliphatic rings. The Morgan fingerprint density at radius 3 is 2.70 bits per heavy atom. The van der Waals surface area contributed by atoms with Crippen molar-refractivity contribution < 1.29 is 14.1 Å². The number of halogens is 1. The van der Waals surface area contributed by atoms with Gasteiger partial charge in [-0.1, -0.05) is 17.3 Å². The van der Waals surface area contributed by atoms with Crippen molar-refractivity contribution in [3.63, 3.8) is 0 Å². The number of benzene rings is 2. The van der Waals surface area contributed by atoms with Crippen molar-refractivity contribution in [3.8, 4) is 5.75 Å².